The van der Waals surface area contributed by atoms with E-state index in [1.807, 2.05) is 31.2 Å². The second-order valence-electron chi connectivity index (χ2n) is 5.91. The fourth-order valence-corrected chi connectivity index (χ4v) is 3.75. The maximum absolute atomic E-state index is 12.4. The lowest BCUT2D eigenvalue weighted by molar-refractivity contribution is 0.102. The maximum atomic E-state index is 12.4. The highest BCUT2D eigenvalue weighted by Gasteiger charge is 2.14. The lowest BCUT2D eigenvalue weighted by atomic mass is 10.1. The second kappa shape index (κ2) is 7.94. The summed E-state index contributed by atoms with van der Waals surface area (Å²) < 4.78 is 28.1. The Bertz CT molecular complexity index is 1060. The Labute approximate surface area is 166 Å². The summed E-state index contributed by atoms with van der Waals surface area (Å²) >= 11 is 3.28. The zero-order valence-corrected chi connectivity index (χ0v) is 16.8. The molecule has 3 aromatic rings. The molecule has 3 aromatic carbocycles. The van der Waals surface area contributed by atoms with Crippen molar-refractivity contribution >= 4 is 43.2 Å². The fraction of sp³-hybridized carbons (Fsp3) is 0.0500. The molecule has 5 nitrogen and oxygen atoms in total. The van der Waals surface area contributed by atoms with E-state index in [2.05, 4.69) is 26.0 Å². The van der Waals surface area contributed by atoms with Gasteiger partial charge in [-0.1, -0.05) is 34.1 Å². The Morgan fingerprint density at radius 1 is 0.889 bits per heavy atom. The average Bonchev–Trinajstić information content (AvgIpc) is 2.64. The lowest BCUT2D eigenvalue weighted by Crippen LogP contribution is -2.14. The van der Waals surface area contributed by atoms with Crippen molar-refractivity contribution < 1.29 is 13.2 Å². The van der Waals surface area contributed by atoms with E-state index in [-0.39, 0.29) is 10.8 Å². The molecule has 0 saturated carbocycles. The molecule has 0 saturated heterocycles. The fourth-order valence-electron chi connectivity index (χ4n) is 2.43. The Balaban J connectivity index is 1.72. The predicted octanol–water partition coefficient (Wildman–Crippen LogP) is 4.81. The minimum Gasteiger partial charge on any atom is -0.322 e. The summed E-state index contributed by atoms with van der Waals surface area (Å²) in [7, 11) is -3.69. The van der Waals surface area contributed by atoms with E-state index in [0.29, 0.717) is 11.3 Å². The van der Waals surface area contributed by atoms with Crippen LogP contribution in [0.2, 0.25) is 0 Å². The Morgan fingerprint density at radius 2 is 1.52 bits per heavy atom. The van der Waals surface area contributed by atoms with Gasteiger partial charge >= 0.3 is 0 Å². The maximum Gasteiger partial charge on any atom is 0.261 e. The van der Waals surface area contributed by atoms with E-state index >= 15 is 0 Å². The molecule has 138 valence electrons. The van der Waals surface area contributed by atoms with Crippen molar-refractivity contribution in [3.05, 3.63) is 88.4 Å². The van der Waals surface area contributed by atoms with E-state index in [0.717, 1.165) is 15.7 Å². The summed E-state index contributed by atoms with van der Waals surface area (Å²) in [6.07, 6.45) is 0. The van der Waals surface area contributed by atoms with Crippen LogP contribution in [0.25, 0.3) is 0 Å². The van der Waals surface area contributed by atoms with Gasteiger partial charge in [-0.2, -0.15) is 0 Å². The van der Waals surface area contributed by atoms with Gasteiger partial charge in [0.15, 0.2) is 0 Å². The van der Waals surface area contributed by atoms with Gasteiger partial charge in [0.1, 0.15) is 0 Å². The standard InChI is InChI=1S/C20H17BrN2O3S/c1-14-4-2-3-5-19(14)22-20(24)15-6-10-17(11-7-15)23-27(25,26)18-12-8-16(21)9-13-18/h2-13,23H,1H3,(H,22,24). The molecule has 2 N–H and O–H groups in total. The van der Waals surface area contributed by atoms with Crippen LogP contribution in [0, 0.1) is 6.92 Å². The minimum absolute atomic E-state index is 0.159. The number of halogens is 1. The highest BCUT2D eigenvalue weighted by Crippen LogP contribution is 2.20. The molecule has 3 rings (SSSR count). The van der Waals surface area contributed by atoms with Crippen molar-refractivity contribution in [3.63, 3.8) is 0 Å². The number of rotatable bonds is 5. The molecular formula is C20H17BrN2O3S. The Morgan fingerprint density at radius 3 is 2.15 bits per heavy atom. The van der Waals surface area contributed by atoms with E-state index in [4.69, 9.17) is 0 Å². The number of nitrogens with one attached hydrogen (secondary N) is 2. The van der Waals surface area contributed by atoms with Gasteiger partial charge in [-0.05, 0) is 67.1 Å². The van der Waals surface area contributed by atoms with Crippen molar-refractivity contribution in [1.29, 1.82) is 0 Å². The van der Waals surface area contributed by atoms with Crippen molar-refractivity contribution in [2.75, 3.05) is 10.0 Å². The summed E-state index contributed by atoms with van der Waals surface area (Å²) in [4.78, 5) is 12.5. The van der Waals surface area contributed by atoms with Crippen LogP contribution in [0.1, 0.15) is 15.9 Å². The van der Waals surface area contributed by atoms with Crippen LogP contribution in [-0.2, 0) is 10.0 Å². The molecule has 0 aromatic heterocycles. The summed E-state index contributed by atoms with van der Waals surface area (Å²) in [6, 6.07) is 20.1. The molecular weight excluding hydrogens is 428 g/mol. The highest BCUT2D eigenvalue weighted by molar-refractivity contribution is 9.10. The van der Waals surface area contributed by atoms with Crippen molar-refractivity contribution in [2.45, 2.75) is 11.8 Å². The predicted molar refractivity (Wildman–Crippen MR) is 111 cm³/mol. The van der Waals surface area contributed by atoms with Gasteiger partial charge in [0.25, 0.3) is 15.9 Å². The number of aryl methyl sites for hydroxylation is 1. The molecule has 0 aliphatic heterocycles. The van der Waals surface area contributed by atoms with Crippen LogP contribution in [-0.4, -0.2) is 14.3 Å². The van der Waals surface area contributed by atoms with Gasteiger partial charge in [-0.3, -0.25) is 9.52 Å². The van der Waals surface area contributed by atoms with Crippen molar-refractivity contribution in [1.82, 2.24) is 0 Å². The van der Waals surface area contributed by atoms with Gasteiger partial charge < -0.3 is 5.32 Å². The van der Waals surface area contributed by atoms with E-state index < -0.39 is 10.0 Å². The van der Waals surface area contributed by atoms with Crippen LogP contribution in [0.5, 0.6) is 0 Å². The number of anilines is 2. The van der Waals surface area contributed by atoms with Gasteiger partial charge in [0.2, 0.25) is 0 Å². The number of hydrogen-bond acceptors (Lipinski definition) is 3. The topological polar surface area (TPSA) is 75.3 Å². The number of carbonyl (C=O) groups excluding carboxylic acids is 1. The monoisotopic (exact) mass is 444 g/mol. The third-order valence-corrected chi connectivity index (χ3v) is 5.84. The summed E-state index contributed by atoms with van der Waals surface area (Å²) in [5.41, 5.74) is 2.52. The molecule has 27 heavy (non-hydrogen) atoms. The highest BCUT2D eigenvalue weighted by atomic mass is 79.9. The number of benzene rings is 3. The molecule has 0 radical (unpaired) electrons. The van der Waals surface area contributed by atoms with E-state index in [1.54, 1.807) is 36.4 Å². The smallest absolute Gasteiger partial charge is 0.261 e. The van der Waals surface area contributed by atoms with Crippen LogP contribution < -0.4 is 10.0 Å². The first-order valence-corrected chi connectivity index (χ1v) is 10.4. The molecule has 0 aliphatic carbocycles. The quantitative estimate of drug-likeness (QED) is 0.592. The first-order chi connectivity index (χ1) is 12.8. The van der Waals surface area contributed by atoms with Crippen molar-refractivity contribution in [2.24, 2.45) is 0 Å². The second-order valence-corrected chi connectivity index (χ2v) is 8.50. The largest absolute Gasteiger partial charge is 0.322 e. The Kier molecular flexibility index (Phi) is 5.62. The minimum atomic E-state index is -3.69. The van der Waals surface area contributed by atoms with Crippen LogP contribution in [0.15, 0.2) is 82.2 Å². The molecule has 0 spiro atoms. The van der Waals surface area contributed by atoms with Gasteiger partial charge in [-0.25, -0.2) is 8.42 Å². The Hall–Kier alpha value is -2.64. The molecule has 7 heteroatoms. The normalized spacial score (nSPS) is 11.0. The number of hydrogen-bond donors (Lipinski definition) is 2. The van der Waals surface area contributed by atoms with Crippen LogP contribution in [0.3, 0.4) is 0 Å². The molecule has 0 heterocycles. The zero-order chi connectivity index (χ0) is 19.4. The number of para-hydroxylation sites is 1. The van der Waals surface area contributed by atoms with Gasteiger partial charge in [-0.15, -0.1) is 0 Å². The first-order valence-electron chi connectivity index (χ1n) is 8.10. The molecule has 0 atom stereocenters. The van der Waals surface area contributed by atoms with Crippen LogP contribution >= 0.6 is 15.9 Å². The zero-order valence-electron chi connectivity index (χ0n) is 14.4. The first kappa shape index (κ1) is 19.1. The van der Waals surface area contributed by atoms with E-state index in [9.17, 15) is 13.2 Å². The molecule has 0 fully saturated rings. The number of amides is 1. The summed E-state index contributed by atoms with van der Waals surface area (Å²) in [6.45, 7) is 1.91. The van der Waals surface area contributed by atoms with Crippen LogP contribution in [0.4, 0.5) is 11.4 Å². The van der Waals surface area contributed by atoms with E-state index in [1.165, 1.54) is 12.1 Å². The number of carbonyl (C=O) groups is 1. The summed E-state index contributed by atoms with van der Waals surface area (Å²) in [5.74, 6) is -0.258. The molecule has 0 aliphatic rings. The molecule has 0 bridgehead atoms. The van der Waals surface area contributed by atoms with Crippen molar-refractivity contribution in [3.8, 4) is 0 Å². The summed E-state index contributed by atoms with van der Waals surface area (Å²) in [5, 5.41) is 2.84. The molecule has 1 amide bonds. The average molecular weight is 445 g/mol. The molecule has 0 unspecified atom stereocenters. The lowest BCUT2D eigenvalue weighted by Gasteiger charge is -2.10. The van der Waals surface area contributed by atoms with Gasteiger partial charge in [0, 0.05) is 21.4 Å². The third-order valence-electron chi connectivity index (χ3n) is 3.92. The number of sulfonamides is 1. The van der Waals surface area contributed by atoms with Gasteiger partial charge in [0.05, 0.1) is 4.90 Å². The third kappa shape index (κ3) is 4.75. The SMILES string of the molecule is Cc1ccccc1NC(=O)c1ccc(NS(=O)(=O)c2ccc(Br)cc2)cc1.